The van der Waals surface area contributed by atoms with Gasteiger partial charge in [0.15, 0.2) is 11.6 Å². The molecule has 2 saturated heterocycles. The number of fused-ring (bicyclic) bond motifs is 1. The Morgan fingerprint density at radius 3 is 2.88 bits per heavy atom. The fourth-order valence-corrected chi connectivity index (χ4v) is 5.26. The molecule has 3 atom stereocenters. The molecular weight excluding hydrogens is 323 g/mol. The first kappa shape index (κ1) is 15.1. The molecule has 2 aliphatic heterocycles. The van der Waals surface area contributed by atoms with Crippen LogP contribution in [0.25, 0.3) is 10.9 Å². The van der Waals surface area contributed by atoms with Gasteiger partial charge < -0.3 is 10.1 Å². The predicted octanol–water partition coefficient (Wildman–Crippen LogP) is 2.07. The zero-order valence-electron chi connectivity index (χ0n) is 14.4. The summed E-state index contributed by atoms with van der Waals surface area (Å²) in [4.78, 5) is 15.3. The molecule has 7 heteroatoms. The molecule has 5 rings (SSSR count). The maximum atomic E-state index is 14.3. The summed E-state index contributed by atoms with van der Waals surface area (Å²) in [5.74, 6) is -0.650. The van der Waals surface area contributed by atoms with Crippen molar-refractivity contribution in [3.8, 4) is 5.75 Å². The molecule has 0 radical (unpaired) electrons. The topological polar surface area (TPSA) is 70.2 Å². The molecule has 1 amide bonds. The molecule has 1 saturated carbocycles. The highest BCUT2D eigenvalue weighted by atomic mass is 19.1. The van der Waals surface area contributed by atoms with E-state index in [1.165, 1.54) is 26.0 Å². The van der Waals surface area contributed by atoms with E-state index in [1.807, 2.05) is 0 Å². The number of rotatable bonds is 3. The second-order valence-electron chi connectivity index (χ2n) is 7.75. The normalized spacial score (nSPS) is 33.3. The van der Waals surface area contributed by atoms with Gasteiger partial charge in [-0.05, 0) is 31.4 Å². The molecule has 2 N–H and O–H groups in total. The summed E-state index contributed by atoms with van der Waals surface area (Å²) >= 11 is 0. The van der Waals surface area contributed by atoms with Crippen LogP contribution in [-0.2, 0) is 0 Å². The van der Waals surface area contributed by atoms with Crippen LogP contribution in [-0.4, -0.2) is 52.8 Å². The lowest BCUT2D eigenvalue weighted by Gasteiger charge is -2.64. The molecule has 3 fully saturated rings. The Labute approximate surface area is 144 Å². The second kappa shape index (κ2) is 4.72. The summed E-state index contributed by atoms with van der Waals surface area (Å²) in [7, 11) is 1.41. The van der Waals surface area contributed by atoms with Gasteiger partial charge in [-0.25, -0.2) is 4.39 Å². The smallest absolute Gasteiger partial charge is 0.270 e. The first-order valence-corrected chi connectivity index (χ1v) is 8.77. The molecule has 2 unspecified atom stereocenters. The van der Waals surface area contributed by atoms with Crippen molar-refractivity contribution in [3.05, 3.63) is 23.6 Å². The largest absolute Gasteiger partial charge is 0.494 e. The number of carbonyl (C=O) groups is 1. The molecule has 25 heavy (non-hydrogen) atoms. The Kier molecular flexibility index (Phi) is 2.86. The van der Waals surface area contributed by atoms with Gasteiger partial charge in [0, 0.05) is 35.5 Å². The molecule has 0 bridgehead atoms. The number of aromatic amines is 1. The number of benzene rings is 1. The molecule has 1 aliphatic carbocycles. The van der Waals surface area contributed by atoms with Gasteiger partial charge in [0.25, 0.3) is 5.91 Å². The summed E-state index contributed by atoms with van der Waals surface area (Å²) in [6.45, 7) is 4.31. The zero-order valence-corrected chi connectivity index (χ0v) is 14.4. The highest BCUT2D eigenvalue weighted by Gasteiger charge is 2.70. The molecule has 6 nitrogen and oxygen atoms in total. The number of methoxy groups -OCH3 is 1. The van der Waals surface area contributed by atoms with Gasteiger partial charge >= 0.3 is 0 Å². The van der Waals surface area contributed by atoms with E-state index in [1.54, 1.807) is 6.07 Å². The quantitative estimate of drug-likeness (QED) is 0.894. The summed E-state index contributed by atoms with van der Waals surface area (Å²) in [6.07, 6.45) is 3.60. The van der Waals surface area contributed by atoms with Crippen LogP contribution in [0, 0.1) is 11.2 Å². The minimum absolute atomic E-state index is 0.120. The number of amides is 1. The monoisotopic (exact) mass is 344 g/mol. The van der Waals surface area contributed by atoms with Gasteiger partial charge in [0.1, 0.15) is 11.2 Å². The van der Waals surface area contributed by atoms with Crippen molar-refractivity contribution in [2.75, 3.05) is 20.2 Å². The first-order valence-electron chi connectivity index (χ1n) is 8.77. The standard InChI is InChI=1S/C18H21FN4O2/c1-17-5-6-18(17)7-8-23(18)9-12(17)20-16(24)15-10-3-4-11(25-2)13(19)14(10)21-22-15/h3-4,12H,5-9H2,1-2H3,(H,20,24)(H,21,22)/t12-,17?,18?/m1/s1. The Balaban J connectivity index is 1.44. The SMILES string of the molecule is COc1ccc2c(C(=O)N[C@@H]3CN4CCC45CCC35C)[nH]nc2c1F. The fourth-order valence-electron chi connectivity index (χ4n) is 5.26. The van der Waals surface area contributed by atoms with E-state index >= 15 is 0 Å². The van der Waals surface area contributed by atoms with E-state index < -0.39 is 5.82 Å². The van der Waals surface area contributed by atoms with E-state index in [-0.39, 0.29) is 28.6 Å². The van der Waals surface area contributed by atoms with Crippen molar-refractivity contribution in [2.45, 2.75) is 37.8 Å². The molecule has 132 valence electrons. The van der Waals surface area contributed by atoms with Crippen LogP contribution in [0.3, 0.4) is 0 Å². The number of nitrogens with one attached hydrogen (secondary N) is 2. The lowest BCUT2D eigenvalue weighted by molar-refractivity contribution is -0.123. The molecule has 1 spiro atoms. The Bertz CT molecular complexity index is 893. The summed E-state index contributed by atoms with van der Waals surface area (Å²) in [6, 6.07) is 3.32. The van der Waals surface area contributed by atoms with Gasteiger partial charge in [0.2, 0.25) is 0 Å². The summed E-state index contributed by atoms with van der Waals surface area (Å²) in [5.41, 5.74) is 0.889. The predicted molar refractivity (Wildman–Crippen MR) is 90.1 cm³/mol. The van der Waals surface area contributed by atoms with E-state index in [4.69, 9.17) is 4.74 Å². The number of hydrogen-bond acceptors (Lipinski definition) is 4. The number of nitrogens with zero attached hydrogens (tertiary/aromatic N) is 2. The third-order valence-electron chi connectivity index (χ3n) is 7.08. The van der Waals surface area contributed by atoms with Crippen molar-refractivity contribution in [1.29, 1.82) is 0 Å². The highest BCUT2D eigenvalue weighted by molar-refractivity contribution is 6.05. The Hall–Kier alpha value is -2.15. The molecule has 2 aromatic rings. The van der Waals surface area contributed by atoms with Crippen LogP contribution in [0.1, 0.15) is 36.7 Å². The summed E-state index contributed by atoms with van der Waals surface area (Å²) in [5, 5.41) is 10.3. The Morgan fingerprint density at radius 1 is 1.44 bits per heavy atom. The van der Waals surface area contributed by atoms with Crippen LogP contribution in [0.4, 0.5) is 4.39 Å². The Morgan fingerprint density at radius 2 is 2.28 bits per heavy atom. The number of hydrogen-bond donors (Lipinski definition) is 2. The summed E-state index contributed by atoms with van der Waals surface area (Å²) < 4.78 is 19.3. The molecule has 1 aromatic carbocycles. The number of ether oxygens (including phenoxy) is 1. The lowest BCUT2D eigenvalue weighted by Crippen LogP contribution is -2.69. The van der Waals surface area contributed by atoms with Crippen LogP contribution in [0.2, 0.25) is 0 Å². The van der Waals surface area contributed by atoms with Crippen LogP contribution < -0.4 is 10.1 Å². The van der Waals surface area contributed by atoms with E-state index in [0.29, 0.717) is 16.6 Å². The minimum Gasteiger partial charge on any atom is -0.494 e. The van der Waals surface area contributed by atoms with Crippen molar-refractivity contribution in [3.63, 3.8) is 0 Å². The van der Waals surface area contributed by atoms with Crippen LogP contribution in [0.5, 0.6) is 5.75 Å². The number of H-pyrrole nitrogens is 1. The minimum atomic E-state index is -0.551. The lowest BCUT2D eigenvalue weighted by atomic mass is 9.51. The van der Waals surface area contributed by atoms with Gasteiger partial charge in [-0.2, -0.15) is 5.10 Å². The van der Waals surface area contributed by atoms with Crippen molar-refractivity contribution >= 4 is 16.8 Å². The van der Waals surface area contributed by atoms with Crippen molar-refractivity contribution in [2.24, 2.45) is 5.41 Å². The van der Waals surface area contributed by atoms with Crippen molar-refractivity contribution < 1.29 is 13.9 Å². The van der Waals surface area contributed by atoms with Gasteiger partial charge in [0.05, 0.1) is 7.11 Å². The molecule has 1 aromatic heterocycles. The van der Waals surface area contributed by atoms with Gasteiger partial charge in [-0.1, -0.05) is 6.92 Å². The first-order chi connectivity index (χ1) is 12.0. The van der Waals surface area contributed by atoms with Gasteiger partial charge in [-0.15, -0.1) is 0 Å². The van der Waals surface area contributed by atoms with E-state index in [2.05, 4.69) is 27.3 Å². The van der Waals surface area contributed by atoms with E-state index in [0.717, 1.165) is 19.5 Å². The maximum Gasteiger partial charge on any atom is 0.270 e. The number of halogens is 1. The molecule has 3 aliphatic rings. The van der Waals surface area contributed by atoms with Crippen molar-refractivity contribution in [1.82, 2.24) is 20.4 Å². The fraction of sp³-hybridized carbons (Fsp3) is 0.556. The highest BCUT2D eigenvalue weighted by Crippen LogP contribution is 2.65. The average Bonchev–Trinajstić information content (AvgIpc) is 3.04. The molecule has 3 heterocycles. The third kappa shape index (κ3) is 1.67. The van der Waals surface area contributed by atoms with Crippen LogP contribution >= 0.6 is 0 Å². The maximum absolute atomic E-state index is 14.3. The number of carbonyl (C=O) groups excluding carboxylic acids is 1. The van der Waals surface area contributed by atoms with Gasteiger partial charge in [-0.3, -0.25) is 14.8 Å². The molecular formula is C18H21FN4O2. The second-order valence-corrected chi connectivity index (χ2v) is 7.75. The van der Waals surface area contributed by atoms with Crippen LogP contribution in [0.15, 0.2) is 12.1 Å². The third-order valence-corrected chi connectivity index (χ3v) is 7.08. The number of aromatic nitrogens is 2. The zero-order chi connectivity index (χ0) is 17.4. The average molecular weight is 344 g/mol. The van der Waals surface area contributed by atoms with E-state index in [9.17, 15) is 9.18 Å².